The van der Waals surface area contributed by atoms with Crippen LogP contribution in [0.15, 0.2) is 12.1 Å². The monoisotopic (exact) mass is 279 g/mol. The van der Waals surface area contributed by atoms with E-state index in [0.717, 1.165) is 19.3 Å². The van der Waals surface area contributed by atoms with Gasteiger partial charge >= 0.3 is 0 Å². The summed E-state index contributed by atoms with van der Waals surface area (Å²) in [6.45, 7) is 4.53. The van der Waals surface area contributed by atoms with E-state index in [1.807, 2.05) is 13.8 Å². The number of carbonyl (C=O) groups is 1. The molecule has 0 aliphatic carbocycles. The van der Waals surface area contributed by atoms with Gasteiger partial charge in [-0.3, -0.25) is 4.79 Å². The third kappa shape index (κ3) is 4.25. The molecule has 0 bridgehead atoms. The Morgan fingerprint density at radius 2 is 2.10 bits per heavy atom. The van der Waals surface area contributed by atoms with Gasteiger partial charge in [-0.05, 0) is 30.9 Å². The lowest BCUT2D eigenvalue weighted by Crippen LogP contribution is -2.16. The lowest BCUT2D eigenvalue weighted by Gasteiger charge is -2.17. The highest BCUT2D eigenvalue weighted by Crippen LogP contribution is 2.31. The van der Waals surface area contributed by atoms with Crippen molar-refractivity contribution in [3.8, 4) is 5.75 Å². The lowest BCUT2D eigenvalue weighted by atomic mass is 9.95. The smallest absolute Gasteiger partial charge is 0.224 e. The van der Waals surface area contributed by atoms with E-state index in [9.17, 15) is 9.18 Å². The van der Waals surface area contributed by atoms with Crippen molar-refractivity contribution in [2.24, 2.45) is 0 Å². The van der Waals surface area contributed by atoms with Crippen LogP contribution < -0.4 is 10.1 Å². The van der Waals surface area contributed by atoms with Gasteiger partial charge in [0.1, 0.15) is 11.4 Å². The molecule has 110 valence electrons. The molecular formula is C15H23BFNO2. The van der Waals surface area contributed by atoms with Crippen LogP contribution in [0.25, 0.3) is 0 Å². The molecular weight excluding hydrogens is 256 g/mol. The van der Waals surface area contributed by atoms with Gasteiger partial charge in [-0.2, -0.15) is 0 Å². The second-order valence-electron chi connectivity index (χ2n) is 4.32. The molecule has 3 nitrogen and oxygen atoms in total. The van der Waals surface area contributed by atoms with Crippen molar-refractivity contribution in [2.45, 2.75) is 45.9 Å². The molecule has 2 radical (unpaired) electrons. The molecule has 1 heterocycles. The topological polar surface area (TPSA) is 38.3 Å². The molecule has 0 saturated carbocycles. The van der Waals surface area contributed by atoms with Crippen LogP contribution in [0, 0.1) is 5.82 Å². The Labute approximate surface area is 122 Å². The Balaban J connectivity index is 0.00000128. The van der Waals surface area contributed by atoms with Crippen LogP contribution in [0.5, 0.6) is 5.75 Å². The lowest BCUT2D eigenvalue weighted by molar-refractivity contribution is -0.116. The van der Waals surface area contributed by atoms with E-state index in [2.05, 4.69) is 5.32 Å². The van der Waals surface area contributed by atoms with E-state index in [1.54, 1.807) is 12.1 Å². The molecule has 0 atom stereocenters. The maximum absolute atomic E-state index is 14.1. The second kappa shape index (κ2) is 8.62. The minimum absolute atomic E-state index is 0. The van der Waals surface area contributed by atoms with Gasteiger partial charge in [0.25, 0.3) is 0 Å². The van der Waals surface area contributed by atoms with Gasteiger partial charge in [0.2, 0.25) is 5.91 Å². The number of benzene rings is 1. The van der Waals surface area contributed by atoms with Crippen LogP contribution >= 0.6 is 0 Å². The first kappa shape index (κ1) is 16.5. The Kier molecular flexibility index (Phi) is 7.12. The fourth-order valence-electron chi connectivity index (χ4n) is 1.94. The van der Waals surface area contributed by atoms with Crippen molar-refractivity contribution in [1.82, 2.24) is 0 Å². The number of carbonyl (C=O) groups excluding carboxylic acids is 1. The molecule has 0 unspecified atom stereocenters. The molecule has 1 amide bonds. The van der Waals surface area contributed by atoms with Gasteiger partial charge < -0.3 is 10.1 Å². The maximum atomic E-state index is 14.1. The van der Waals surface area contributed by atoms with Crippen LogP contribution in [0.4, 0.5) is 10.1 Å². The van der Waals surface area contributed by atoms with Crippen molar-refractivity contribution in [3.63, 3.8) is 0 Å². The minimum atomic E-state index is -0.496. The van der Waals surface area contributed by atoms with Crippen LogP contribution in [0.3, 0.4) is 0 Å². The first-order valence-electron chi connectivity index (χ1n) is 7.16. The summed E-state index contributed by atoms with van der Waals surface area (Å²) in [5, 5.41) is 2.58. The minimum Gasteiger partial charge on any atom is -0.491 e. The van der Waals surface area contributed by atoms with Crippen LogP contribution in [-0.4, -0.2) is 20.4 Å². The summed E-state index contributed by atoms with van der Waals surface area (Å²) in [6, 6.07) is 3.24. The molecule has 1 aliphatic heterocycles. The molecule has 1 aromatic rings. The number of hydrogen-bond donors (Lipinski definition) is 1. The van der Waals surface area contributed by atoms with Crippen LogP contribution in [0.1, 0.15) is 46.5 Å². The first-order valence-corrected chi connectivity index (χ1v) is 7.16. The Bertz CT molecular complexity index is 458. The zero-order valence-corrected chi connectivity index (χ0v) is 12.2. The molecule has 1 aromatic carbocycles. The molecule has 0 fully saturated rings. The molecule has 20 heavy (non-hydrogen) atoms. The van der Waals surface area contributed by atoms with Crippen molar-refractivity contribution in [3.05, 3.63) is 23.5 Å². The molecule has 0 saturated heterocycles. The van der Waals surface area contributed by atoms with Crippen molar-refractivity contribution < 1.29 is 15.3 Å². The number of fused-ring (bicyclic) bond motifs is 1. The maximum Gasteiger partial charge on any atom is 0.224 e. The van der Waals surface area contributed by atoms with Gasteiger partial charge in [-0.15, -0.1) is 0 Å². The standard InChI is InChI=1S/C13H15BFNO2.C2H6.H2/c14-8-9-5-6-10-13(12(9)15)16-11(17)4-2-1-3-7-18-10;1-2;/h5-6H,1-4,7-8H2,(H,16,17);1-2H3;1H. The third-order valence-corrected chi connectivity index (χ3v) is 2.97. The molecule has 1 aliphatic rings. The molecule has 5 heteroatoms. The number of nitrogens with one attached hydrogen (secondary N) is 1. The van der Waals surface area contributed by atoms with Crippen molar-refractivity contribution in [2.75, 3.05) is 11.9 Å². The van der Waals surface area contributed by atoms with Gasteiger partial charge in [0, 0.05) is 7.85 Å². The number of halogens is 1. The Morgan fingerprint density at radius 3 is 2.80 bits per heavy atom. The second-order valence-corrected chi connectivity index (χ2v) is 4.32. The van der Waals surface area contributed by atoms with Crippen LogP contribution in [-0.2, 0) is 11.1 Å². The van der Waals surface area contributed by atoms with Crippen LogP contribution in [0.2, 0.25) is 0 Å². The van der Waals surface area contributed by atoms with Crippen molar-refractivity contribution in [1.29, 1.82) is 0 Å². The summed E-state index contributed by atoms with van der Waals surface area (Å²) < 4.78 is 19.6. The first-order chi connectivity index (χ1) is 9.72. The fraction of sp³-hybridized carbons (Fsp3) is 0.533. The third-order valence-electron chi connectivity index (χ3n) is 2.97. The quantitative estimate of drug-likeness (QED) is 0.797. The van der Waals surface area contributed by atoms with Crippen molar-refractivity contribution >= 4 is 19.4 Å². The SMILES string of the molecule is CC.[B]Cc1ccc2c(c1F)NC(=O)CCCCCO2.[HH]. The predicted molar refractivity (Wildman–Crippen MR) is 81.9 cm³/mol. The Morgan fingerprint density at radius 1 is 1.35 bits per heavy atom. The van der Waals surface area contributed by atoms with E-state index >= 15 is 0 Å². The summed E-state index contributed by atoms with van der Waals surface area (Å²) in [5.74, 6) is -0.307. The molecule has 0 spiro atoms. The van der Waals surface area contributed by atoms with Gasteiger partial charge in [0.05, 0.1) is 14.5 Å². The highest BCUT2D eigenvalue weighted by molar-refractivity contribution is 6.08. The average molecular weight is 279 g/mol. The molecule has 0 aromatic heterocycles. The summed E-state index contributed by atoms with van der Waals surface area (Å²) in [7, 11) is 5.45. The van der Waals surface area contributed by atoms with E-state index < -0.39 is 5.82 Å². The molecule has 2 rings (SSSR count). The predicted octanol–water partition coefficient (Wildman–Crippen LogP) is 3.66. The van der Waals surface area contributed by atoms with Gasteiger partial charge in [-0.1, -0.05) is 26.2 Å². The fourth-order valence-corrected chi connectivity index (χ4v) is 1.94. The number of ether oxygens (including phenoxy) is 1. The van der Waals surface area contributed by atoms with E-state index in [-0.39, 0.29) is 19.3 Å². The highest BCUT2D eigenvalue weighted by atomic mass is 19.1. The number of anilines is 1. The summed E-state index contributed by atoms with van der Waals surface area (Å²) in [4.78, 5) is 11.7. The van der Waals surface area contributed by atoms with Gasteiger partial charge in [-0.25, -0.2) is 4.39 Å². The largest absolute Gasteiger partial charge is 0.491 e. The van der Waals surface area contributed by atoms with E-state index in [0.29, 0.717) is 24.3 Å². The van der Waals surface area contributed by atoms with E-state index in [4.69, 9.17) is 12.6 Å². The normalized spacial score (nSPS) is 15.1. The average Bonchev–Trinajstić information content (AvgIpc) is 2.48. The number of amides is 1. The highest BCUT2D eigenvalue weighted by Gasteiger charge is 2.17. The Hall–Kier alpha value is -1.52. The summed E-state index contributed by atoms with van der Waals surface area (Å²) in [6.07, 6.45) is 3.10. The summed E-state index contributed by atoms with van der Waals surface area (Å²) in [5.41, 5.74) is 0.486. The summed E-state index contributed by atoms with van der Waals surface area (Å²) >= 11 is 0. The zero-order chi connectivity index (χ0) is 15.0. The van der Waals surface area contributed by atoms with E-state index in [1.165, 1.54) is 0 Å². The number of rotatable bonds is 1. The molecule has 1 N–H and O–H groups in total. The number of hydrogen-bond acceptors (Lipinski definition) is 2. The zero-order valence-electron chi connectivity index (χ0n) is 12.2. The van der Waals surface area contributed by atoms with Gasteiger partial charge in [0.15, 0.2) is 5.82 Å².